The molecule has 0 spiro atoms. The maximum Gasteiger partial charge on any atom is 0.251 e. The minimum absolute atomic E-state index is 0. The number of thioether (sulfide) groups is 1. The molecule has 24 heavy (non-hydrogen) atoms. The zero-order valence-electron chi connectivity index (χ0n) is 14.0. The second kappa shape index (κ2) is 12.0. The molecule has 0 saturated carbocycles. The van der Waals surface area contributed by atoms with Crippen LogP contribution in [0.25, 0.3) is 0 Å². The van der Waals surface area contributed by atoms with E-state index in [9.17, 15) is 4.79 Å². The number of hydrogen-bond acceptors (Lipinski definition) is 3. The van der Waals surface area contributed by atoms with Gasteiger partial charge in [0.15, 0.2) is 0 Å². The fourth-order valence-electron chi connectivity index (χ4n) is 2.11. The van der Waals surface area contributed by atoms with Crippen molar-refractivity contribution in [3.05, 3.63) is 65.7 Å². The zero-order valence-corrected chi connectivity index (χ0v) is 15.6. The monoisotopic (exact) mass is 364 g/mol. The Morgan fingerprint density at radius 3 is 2.33 bits per heavy atom. The van der Waals surface area contributed by atoms with Gasteiger partial charge in [-0.15, -0.1) is 24.2 Å². The van der Waals surface area contributed by atoms with Crippen LogP contribution >= 0.6 is 24.2 Å². The van der Waals surface area contributed by atoms with Crippen molar-refractivity contribution in [1.82, 2.24) is 10.6 Å². The first-order valence-corrected chi connectivity index (χ1v) is 9.04. The van der Waals surface area contributed by atoms with Crippen molar-refractivity contribution in [2.75, 3.05) is 19.6 Å². The second-order valence-corrected chi connectivity index (χ2v) is 6.35. The van der Waals surface area contributed by atoms with Crippen LogP contribution in [0.3, 0.4) is 0 Å². The van der Waals surface area contributed by atoms with Gasteiger partial charge in [-0.05, 0) is 42.8 Å². The molecule has 2 rings (SSSR count). The maximum atomic E-state index is 12.0. The molecule has 0 radical (unpaired) electrons. The van der Waals surface area contributed by atoms with Crippen LogP contribution in [0.15, 0.2) is 59.5 Å². The fraction of sp³-hybridized carbons (Fsp3) is 0.316. The Kier molecular flexibility index (Phi) is 10.2. The molecule has 0 aliphatic rings. The van der Waals surface area contributed by atoms with Crippen LogP contribution in [0.5, 0.6) is 0 Å². The molecule has 130 valence electrons. The topological polar surface area (TPSA) is 41.1 Å². The van der Waals surface area contributed by atoms with E-state index in [0.717, 1.165) is 25.3 Å². The number of hydrogen-bond donors (Lipinski definition) is 2. The molecule has 0 aliphatic heterocycles. The van der Waals surface area contributed by atoms with Gasteiger partial charge in [0.1, 0.15) is 0 Å². The Balaban J connectivity index is 0.00000288. The Morgan fingerprint density at radius 2 is 1.67 bits per heavy atom. The Morgan fingerprint density at radius 1 is 0.958 bits per heavy atom. The highest BCUT2D eigenvalue weighted by atomic mass is 35.5. The SMILES string of the molecule is CCCNCCNC(=O)c1ccc(SCc2ccccc2)cc1.Cl. The lowest BCUT2D eigenvalue weighted by molar-refractivity contribution is 0.0954. The predicted molar refractivity (Wildman–Crippen MR) is 105 cm³/mol. The number of halogens is 1. The van der Waals surface area contributed by atoms with Gasteiger partial charge in [-0.1, -0.05) is 37.3 Å². The summed E-state index contributed by atoms with van der Waals surface area (Å²) in [6, 6.07) is 18.2. The number of amides is 1. The first-order valence-electron chi connectivity index (χ1n) is 8.05. The van der Waals surface area contributed by atoms with E-state index in [4.69, 9.17) is 0 Å². The van der Waals surface area contributed by atoms with Crippen LogP contribution in [-0.4, -0.2) is 25.5 Å². The molecule has 0 unspecified atom stereocenters. The van der Waals surface area contributed by atoms with E-state index in [2.05, 4.69) is 41.8 Å². The molecule has 3 nitrogen and oxygen atoms in total. The lowest BCUT2D eigenvalue weighted by Crippen LogP contribution is -2.32. The molecule has 1 amide bonds. The third-order valence-electron chi connectivity index (χ3n) is 3.38. The minimum Gasteiger partial charge on any atom is -0.351 e. The highest BCUT2D eigenvalue weighted by Gasteiger charge is 2.04. The zero-order chi connectivity index (χ0) is 16.3. The molecule has 0 bridgehead atoms. The summed E-state index contributed by atoms with van der Waals surface area (Å²) in [6.07, 6.45) is 1.11. The lowest BCUT2D eigenvalue weighted by atomic mass is 10.2. The van der Waals surface area contributed by atoms with Crippen molar-refractivity contribution in [2.45, 2.75) is 24.0 Å². The normalized spacial score (nSPS) is 10.0. The van der Waals surface area contributed by atoms with Crippen LogP contribution in [-0.2, 0) is 5.75 Å². The predicted octanol–water partition coefficient (Wildman–Crippen LogP) is 4.13. The highest BCUT2D eigenvalue weighted by molar-refractivity contribution is 7.98. The molecule has 5 heteroatoms. The van der Waals surface area contributed by atoms with Crippen LogP contribution in [0.4, 0.5) is 0 Å². The van der Waals surface area contributed by atoms with Gasteiger partial charge >= 0.3 is 0 Å². The van der Waals surface area contributed by atoms with Gasteiger partial charge in [-0.2, -0.15) is 0 Å². The molecule has 2 aromatic carbocycles. The van der Waals surface area contributed by atoms with E-state index in [1.54, 1.807) is 11.8 Å². The molecular formula is C19H25ClN2OS. The van der Waals surface area contributed by atoms with Gasteiger partial charge in [-0.25, -0.2) is 0 Å². The van der Waals surface area contributed by atoms with Crippen LogP contribution in [0.2, 0.25) is 0 Å². The Hall–Kier alpha value is -1.49. The number of carbonyl (C=O) groups is 1. The molecule has 0 aliphatic carbocycles. The van der Waals surface area contributed by atoms with Crippen molar-refractivity contribution in [3.63, 3.8) is 0 Å². The second-order valence-electron chi connectivity index (χ2n) is 5.30. The number of carbonyl (C=O) groups excluding carboxylic acids is 1. The van der Waals surface area contributed by atoms with Crippen molar-refractivity contribution in [3.8, 4) is 0 Å². The van der Waals surface area contributed by atoms with Crippen LogP contribution < -0.4 is 10.6 Å². The minimum atomic E-state index is -0.0112. The standard InChI is InChI=1S/C19H24N2OS.ClH/c1-2-12-20-13-14-21-19(22)17-8-10-18(11-9-17)23-15-16-6-4-3-5-7-16;/h3-11,20H,2,12-15H2,1H3,(H,21,22);1H. The van der Waals surface area contributed by atoms with Crippen LogP contribution in [0, 0.1) is 0 Å². The first kappa shape index (κ1) is 20.6. The van der Waals surface area contributed by atoms with Gasteiger partial charge < -0.3 is 10.6 Å². The average Bonchev–Trinajstić information content (AvgIpc) is 2.61. The van der Waals surface area contributed by atoms with Crippen molar-refractivity contribution in [2.24, 2.45) is 0 Å². The van der Waals surface area contributed by atoms with Crippen molar-refractivity contribution in [1.29, 1.82) is 0 Å². The maximum absolute atomic E-state index is 12.0. The summed E-state index contributed by atoms with van der Waals surface area (Å²) in [5.41, 5.74) is 2.02. The molecule has 0 fully saturated rings. The summed E-state index contributed by atoms with van der Waals surface area (Å²) in [7, 11) is 0. The van der Waals surface area contributed by atoms with E-state index in [1.807, 2.05) is 30.3 Å². The number of benzene rings is 2. The largest absolute Gasteiger partial charge is 0.351 e. The summed E-state index contributed by atoms with van der Waals surface area (Å²) < 4.78 is 0. The third-order valence-corrected chi connectivity index (χ3v) is 4.46. The fourth-order valence-corrected chi connectivity index (χ4v) is 2.97. The van der Waals surface area contributed by atoms with Crippen LogP contribution in [0.1, 0.15) is 29.3 Å². The molecule has 2 aromatic rings. The van der Waals surface area contributed by atoms with Crippen molar-refractivity contribution >= 4 is 30.1 Å². The smallest absolute Gasteiger partial charge is 0.251 e. The highest BCUT2D eigenvalue weighted by Crippen LogP contribution is 2.22. The van der Waals surface area contributed by atoms with Crippen molar-refractivity contribution < 1.29 is 4.79 Å². The summed E-state index contributed by atoms with van der Waals surface area (Å²) in [4.78, 5) is 13.2. The first-order chi connectivity index (χ1) is 11.3. The Bertz CT molecular complexity index is 590. The molecule has 2 N–H and O–H groups in total. The van der Waals surface area contributed by atoms with Gasteiger partial charge in [0, 0.05) is 29.3 Å². The number of rotatable bonds is 9. The van der Waals surface area contributed by atoms with E-state index in [1.165, 1.54) is 10.5 Å². The molecule has 0 saturated heterocycles. The molecule has 0 aromatic heterocycles. The average molecular weight is 365 g/mol. The summed E-state index contributed by atoms with van der Waals surface area (Å²) in [5, 5.41) is 6.19. The molecule has 0 atom stereocenters. The molecule has 0 heterocycles. The molecular weight excluding hydrogens is 340 g/mol. The van der Waals surface area contributed by atoms with E-state index in [-0.39, 0.29) is 18.3 Å². The van der Waals surface area contributed by atoms with E-state index in [0.29, 0.717) is 12.1 Å². The third kappa shape index (κ3) is 7.39. The number of nitrogens with one attached hydrogen (secondary N) is 2. The van der Waals surface area contributed by atoms with Gasteiger partial charge in [0.2, 0.25) is 0 Å². The van der Waals surface area contributed by atoms with Gasteiger partial charge in [-0.3, -0.25) is 4.79 Å². The quantitative estimate of drug-likeness (QED) is 0.519. The summed E-state index contributed by atoms with van der Waals surface area (Å²) >= 11 is 1.78. The van der Waals surface area contributed by atoms with Gasteiger partial charge in [0.05, 0.1) is 0 Å². The Labute approximate surface area is 155 Å². The lowest BCUT2D eigenvalue weighted by Gasteiger charge is -2.07. The van der Waals surface area contributed by atoms with Gasteiger partial charge in [0.25, 0.3) is 5.91 Å². The van der Waals surface area contributed by atoms with E-state index >= 15 is 0 Å². The summed E-state index contributed by atoms with van der Waals surface area (Å²) in [5.74, 6) is 0.929. The summed E-state index contributed by atoms with van der Waals surface area (Å²) in [6.45, 7) is 4.58. The van der Waals surface area contributed by atoms with E-state index < -0.39 is 0 Å².